The molecule has 0 fully saturated rings. The van der Waals surface area contributed by atoms with Gasteiger partial charge in [-0.15, -0.1) is 0 Å². The molecule has 21 heavy (non-hydrogen) atoms. The van der Waals surface area contributed by atoms with Crippen molar-refractivity contribution in [2.24, 2.45) is 0 Å². The van der Waals surface area contributed by atoms with E-state index in [9.17, 15) is 4.79 Å². The zero-order valence-electron chi connectivity index (χ0n) is 11.5. The summed E-state index contributed by atoms with van der Waals surface area (Å²) in [6, 6.07) is 20.4. The fourth-order valence-electron chi connectivity index (χ4n) is 3.19. The molecule has 2 heteroatoms. The zero-order valence-corrected chi connectivity index (χ0v) is 11.5. The molecule has 0 amide bonds. The summed E-state index contributed by atoms with van der Waals surface area (Å²) in [6.45, 7) is 0. The molecule has 0 aliphatic carbocycles. The smallest absolute Gasteiger partial charge is 0.181 e. The molecule has 2 heterocycles. The average Bonchev–Trinajstić information content (AvgIpc) is 2.85. The maximum atomic E-state index is 12.2. The SMILES string of the molecule is O=C1C=CC2C(c3ccccc3)=CC1N2c1ccccc1. The quantitative estimate of drug-likeness (QED) is 0.835. The standard InChI is InChI=1S/C19H15NO/c21-19-12-11-17-16(14-7-3-1-4-8-14)13-18(19)20(17)15-9-5-2-6-10-15/h1-13,17-18H. The van der Waals surface area contributed by atoms with Gasteiger partial charge >= 0.3 is 0 Å². The summed E-state index contributed by atoms with van der Waals surface area (Å²) in [5.74, 6) is 0.154. The van der Waals surface area contributed by atoms with Crippen molar-refractivity contribution in [3.8, 4) is 0 Å². The Morgan fingerprint density at radius 1 is 0.810 bits per heavy atom. The Morgan fingerprint density at radius 3 is 2.19 bits per heavy atom. The highest BCUT2D eigenvalue weighted by molar-refractivity contribution is 6.05. The van der Waals surface area contributed by atoms with Crippen LogP contribution in [0.25, 0.3) is 5.57 Å². The number of anilines is 1. The number of hydrogen-bond donors (Lipinski definition) is 0. The van der Waals surface area contributed by atoms with E-state index in [-0.39, 0.29) is 17.9 Å². The van der Waals surface area contributed by atoms with Crippen molar-refractivity contribution in [3.63, 3.8) is 0 Å². The Labute approximate surface area is 124 Å². The van der Waals surface area contributed by atoms with Gasteiger partial charge in [0.05, 0.1) is 6.04 Å². The van der Waals surface area contributed by atoms with Crippen molar-refractivity contribution in [2.45, 2.75) is 12.1 Å². The fraction of sp³-hybridized carbons (Fsp3) is 0.105. The molecule has 0 saturated carbocycles. The van der Waals surface area contributed by atoms with Crippen LogP contribution in [0.15, 0.2) is 78.9 Å². The third-order valence-electron chi connectivity index (χ3n) is 4.15. The second-order valence-corrected chi connectivity index (χ2v) is 5.38. The normalized spacial score (nSPS) is 23.3. The number of nitrogens with zero attached hydrogens (tertiary/aromatic N) is 1. The molecular formula is C19H15NO. The number of para-hydroxylation sites is 1. The van der Waals surface area contributed by atoms with E-state index in [1.807, 2.05) is 42.5 Å². The molecule has 2 nitrogen and oxygen atoms in total. The summed E-state index contributed by atoms with van der Waals surface area (Å²) in [5.41, 5.74) is 3.49. The molecule has 2 atom stereocenters. The van der Waals surface area contributed by atoms with Crippen molar-refractivity contribution >= 4 is 17.0 Å². The maximum absolute atomic E-state index is 12.2. The highest BCUT2D eigenvalue weighted by atomic mass is 16.1. The third kappa shape index (κ3) is 1.91. The summed E-state index contributed by atoms with van der Waals surface area (Å²) in [6.07, 6.45) is 5.84. The molecule has 2 aliphatic heterocycles. The highest BCUT2D eigenvalue weighted by Gasteiger charge is 2.39. The van der Waals surface area contributed by atoms with E-state index in [0.29, 0.717) is 0 Å². The van der Waals surface area contributed by atoms with E-state index < -0.39 is 0 Å². The molecule has 2 aromatic carbocycles. The predicted octanol–water partition coefficient (Wildman–Crippen LogP) is 3.47. The van der Waals surface area contributed by atoms with Crippen molar-refractivity contribution in [1.82, 2.24) is 0 Å². The van der Waals surface area contributed by atoms with Gasteiger partial charge in [-0.05, 0) is 35.4 Å². The molecule has 102 valence electrons. The Morgan fingerprint density at radius 2 is 1.48 bits per heavy atom. The Balaban J connectivity index is 1.81. The second kappa shape index (κ2) is 4.74. The topological polar surface area (TPSA) is 20.3 Å². The van der Waals surface area contributed by atoms with Crippen LogP contribution in [0.2, 0.25) is 0 Å². The van der Waals surface area contributed by atoms with Crippen LogP contribution in [0.4, 0.5) is 5.69 Å². The number of carbonyl (C=O) groups is 1. The summed E-state index contributed by atoms with van der Waals surface area (Å²) < 4.78 is 0. The number of carbonyl (C=O) groups excluding carboxylic acids is 1. The minimum Gasteiger partial charge on any atom is -0.347 e. The lowest BCUT2D eigenvalue weighted by molar-refractivity contribution is -0.115. The van der Waals surface area contributed by atoms with Crippen LogP contribution < -0.4 is 4.90 Å². The largest absolute Gasteiger partial charge is 0.347 e. The fourth-order valence-corrected chi connectivity index (χ4v) is 3.19. The second-order valence-electron chi connectivity index (χ2n) is 5.38. The number of benzene rings is 2. The van der Waals surface area contributed by atoms with Gasteiger partial charge in [0.15, 0.2) is 5.78 Å². The van der Waals surface area contributed by atoms with Crippen LogP contribution in [-0.4, -0.2) is 17.9 Å². The highest BCUT2D eigenvalue weighted by Crippen LogP contribution is 2.38. The first kappa shape index (κ1) is 12.2. The summed E-state index contributed by atoms with van der Waals surface area (Å²) >= 11 is 0. The number of rotatable bonds is 2. The van der Waals surface area contributed by atoms with Crippen LogP contribution in [-0.2, 0) is 4.79 Å². The summed E-state index contributed by atoms with van der Waals surface area (Å²) in [4.78, 5) is 14.4. The third-order valence-corrected chi connectivity index (χ3v) is 4.15. The van der Waals surface area contributed by atoms with Gasteiger partial charge in [-0.3, -0.25) is 4.79 Å². The minimum atomic E-state index is -0.183. The number of hydrogen-bond acceptors (Lipinski definition) is 2. The maximum Gasteiger partial charge on any atom is 0.181 e. The Kier molecular flexibility index (Phi) is 2.74. The molecule has 0 aromatic heterocycles. The van der Waals surface area contributed by atoms with Gasteiger partial charge < -0.3 is 4.90 Å². The van der Waals surface area contributed by atoms with Gasteiger partial charge in [-0.1, -0.05) is 54.6 Å². The summed E-state index contributed by atoms with van der Waals surface area (Å²) in [5, 5.41) is 0. The van der Waals surface area contributed by atoms with E-state index in [1.165, 1.54) is 11.1 Å². The van der Waals surface area contributed by atoms with Crippen molar-refractivity contribution in [1.29, 1.82) is 0 Å². The van der Waals surface area contributed by atoms with Crippen molar-refractivity contribution in [2.75, 3.05) is 4.90 Å². The van der Waals surface area contributed by atoms with Crippen LogP contribution >= 0.6 is 0 Å². The zero-order chi connectivity index (χ0) is 14.2. The van der Waals surface area contributed by atoms with Gasteiger partial charge in [0, 0.05) is 5.69 Å². The van der Waals surface area contributed by atoms with E-state index in [2.05, 4.69) is 35.2 Å². The lowest BCUT2D eigenvalue weighted by Gasteiger charge is -2.34. The van der Waals surface area contributed by atoms with Gasteiger partial charge in [-0.25, -0.2) is 0 Å². The lowest BCUT2D eigenvalue weighted by Crippen LogP contribution is -2.43. The van der Waals surface area contributed by atoms with Crippen LogP contribution in [0.1, 0.15) is 5.56 Å². The molecule has 2 unspecified atom stereocenters. The van der Waals surface area contributed by atoms with E-state index in [4.69, 9.17) is 0 Å². The molecule has 0 N–H and O–H groups in total. The van der Waals surface area contributed by atoms with Crippen molar-refractivity contribution < 1.29 is 4.79 Å². The van der Waals surface area contributed by atoms with Crippen LogP contribution in [0.5, 0.6) is 0 Å². The lowest BCUT2D eigenvalue weighted by atomic mass is 9.99. The van der Waals surface area contributed by atoms with Crippen LogP contribution in [0.3, 0.4) is 0 Å². The first-order valence-corrected chi connectivity index (χ1v) is 7.17. The Bertz CT molecular complexity index is 731. The first-order chi connectivity index (χ1) is 10.3. The predicted molar refractivity (Wildman–Crippen MR) is 85.1 cm³/mol. The Hall–Kier alpha value is -2.61. The molecular weight excluding hydrogens is 258 g/mol. The molecule has 2 aliphatic rings. The van der Waals surface area contributed by atoms with Gasteiger partial charge in [-0.2, -0.15) is 0 Å². The molecule has 4 rings (SSSR count). The number of ketones is 1. The summed E-state index contributed by atoms with van der Waals surface area (Å²) in [7, 11) is 0. The van der Waals surface area contributed by atoms with Gasteiger partial charge in [0.25, 0.3) is 0 Å². The monoisotopic (exact) mass is 273 g/mol. The average molecular weight is 273 g/mol. The van der Waals surface area contributed by atoms with E-state index in [0.717, 1.165) is 5.69 Å². The minimum absolute atomic E-state index is 0.137. The molecule has 0 spiro atoms. The molecule has 0 saturated heterocycles. The van der Waals surface area contributed by atoms with Gasteiger partial charge in [0.1, 0.15) is 6.04 Å². The van der Waals surface area contributed by atoms with E-state index in [1.54, 1.807) is 6.08 Å². The molecule has 0 radical (unpaired) electrons. The molecule has 2 bridgehead atoms. The van der Waals surface area contributed by atoms with Gasteiger partial charge in [0.2, 0.25) is 0 Å². The first-order valence-electron chi connectivity index (χ1n) is 7.17. The number of fused-ring (bicyclic) bond motifs is 2. The van der Waals surface area contributed by atoms with Crippen molar-refractivity contribution in [3.05, 3.63) is 84.5 Å². The molecule has 2 aromatic rings. The van der Waals surface area contributed by atoms with E-state index >= 15 is 0 Å². The van der Waals surface area contributed by atoms with Crippen LogP contribution in [0, 0.1) is 0 Å².